The van der Waals surface area contributed by atoms with Crippen molar-refractivity contribution >= 4 is 45.8 Å². The Labute approximate surface area is 154 Å². The third kappa shape index (κ3) is 4.55. The van der Waals surface area contributed by atoms with E-state index in [4.69, 9.17) is 0 Å². The van der Waals surface area contributed by atoms with E-state index in [1.54, 1.807) is 17.1 Å². The fourth-order valence-corrected chi connectivity index (χ4v) is 3.27. The summed E-state index contributed by atoms with van der Waals surface area (Å²) >= 11 is 2.99. The van der Waals surface area contributed by atoms with Crippen molar-refractivity contribution < 1.29 is 4.79 Å². The average molecular weight is 371 g/mol. The molecule has 25 heavy (non-hydrogen) atoms. The van der Waals surface area contributed by atoms with E-state index < -0.39 is 0 Å². The number of hydrogen-bond acceptors (Lipinski definition) is 7. The summed E-state index contributed by atoms with van der Waals surface area (Å²) in [7, 11) is 0. The van der Waals surface area contributed by atoms with Gasteiger partial charge >= 0.3 is 0 Å². The van der Waals surface area contributed by atoms with Crippen LogP contribution in [-0.2, 0) is 0 Å². The molecule has 0 fully saturated rings. The Balaban J connectivity index is 1.68. The highest BCUT2D eigenvalue weighted by Crippen LogP contribution is 2.21. The molecule has 2 N–H and O–H groups in total. The third-order valence-corrected chi connectivity index (χ3v) is 4.79. The smallest absolute Gasteiger partial charge is 0.275 e. The number of rotatable bonds is 5. The zero-order valence-corrected chi connectivity index (χ0v) is 15.7. The van der Waals surface area contributed by atoms with Gasteiger partial charge in [-0.15, -0.1) is 23.1 Å². The first kappa shape index (κ1) is 17.4. The van der Waals surface area contributed by atoms with Crippen LogP contribution in [0.15, 0.2) is 40.6 Å². The van der Waals surface area contributed by atoms with Crippen LogP contribution < -0.4 is 10.6 Å². The van der Waals surface area contributed by atoms with Crippen molar-refractivity contribution in [3.05, 3.63) is 52.8 Å². The molecule has 3 rings (SSSR count). The Bertz CT molecular complexity index is 872. The lowest BCUT2D eigenvalue weighted by Crippen LogP contribution is -2.12. The summed E-state index contributed by atoms with van der Waals surface area (Å²) in [6.07, 6.45) is 2.01. The molecule has 0 saturated carbocycles. The largest absolute Gasteiger partial charge is 0.321 e. The van der Waals surface area contributed by atoms with E-state index in [2.05, 4.69) is 25.6 Å². The van der Waals surface area contributed by atoms with Gasteiger partial charge in [0.25, 0.3) is 5.91 Å². The SMILES string of the molecule is CSc1ccc(NC(=O)c2csc(Nc3nc(C)cc(C)n3)n2)cc1. The van der Waals surface area contributed by atoms with E-state index >= 15 is 0 Å². The molecule has 6 nitrogen and oxygen atoms in total. The van der Waals surface area contributed by atoms with Crippen molar-refractivity contribution in [2.45, 2.75) is 18.7 Å². The summed E-state index contributed by atoms with van der Waals surface area (Å²) in [6.45, 7) is 3.81. The standard InChI is InChI=1S/C17H17N5OS2/c1-10-8-11(2)19-16(18-10)22-17-21-14(9-25-17)15(23)20-12-4-6-13(24-3)7-5-12/h4-9H,1-3H3,(H,20,23)(H,18,19,21,22). The summed E-state index contributed by atoms with van der Waals surface area (Å²) in [5.41, 5.74) is 2.84. The Hall–Kier alpha value is -2.45. The number of nitrogens with zero attached hydrogens (tertiary/aromatic N) is 3. The molecule has 0 unspecified atom stereocenters. The van der Waals surface area contributed by atoms with Gasteiger partial charge in [-0.3, -0.25) is 4.79 Å². The highest BCUT2D eigenvalue weighted by atomic mass is 32.2. The van der Waals surface area contributed by atoms with Crippen LogP contribution in [0.2, 0.25) is 0 Å². The van der Waals surface area contributed by atoms with E-state index in [9.17, 15) is 4.79 Å². The molecule has 2 heterocycles. The van der Waals surface area contributed by atoms with E-state index in [0.717, 1.165) is 22.0 Å². The molecule has 0 saturated heterocycles. The summed E-state index contributed by atoms with van der Waals surface area (Å²) in [5.74, 6) is 0.231. The van der Waals surface area contributed by atoms with Gasteiger partial charge < -0.3 is 10.6 Å². The molecule has 0 aliphatic heterocycles. The molecule has 0 spiro atoms. The first-order chi connectivity index (χ1) is 12.0. The van der Waals surface area contributed by atoms with Crippen LogP contribution >= 0.6 is 23.1 Å². The van der Waals surface area contributed by atoms with Gasteiger partial charge in [-0.2, -0.15) is 0 Å². The molecule has 2 aromatic heterocycles. The van der Waals surface area contributed by atoms with Crippen molar-refractivity contribution in [2.75, 3.05) is 16.9 Å². The van der Waals surface area contributed by atoms with Crippen LogP contribution in [0.5, 0.6) is 0 Å². The quantitative estimate of drug-likeness (QED) is 0.652. The molecule has 0 aliphatic rings. The Kier molecular flexibility index (Phi) is 5.30. The molecular weight excluding hydrogens is 354 g/mol. The summed E-state index contributed by atoms with van der Waals surface area (Å²) in [6, 6.07) is 9.57. The number of anilines is 3. The fourth-order valence-electron chi connectivity index (χ4n) is 2.18. The predicted octanol–water partition coefficient (Wildman–Crippen LogP) is 4.27. The minimum atomic E-state index is -0.248. The van der Waals surface area contributed by atoms with Gasteiger partial charge in [0, 0.05) is 27.4 Å². The van der Waals surface area contributed by atoms with Crippen molar-refractivity contribution in [1.82, 2.24) is 15.0 Å². The highest BCUT2D eigenvalue weighted by molar-refractivity contribution is 7.98. The Morgan fingerprint density at radius 2 is 1.76 bits per heavy atom. The first-order valence-corrected chi connectivity index (χ1v) is 9.64. The fraction of sp³-hybridized carbons (Fsp3) is 0.176. The molecular formula is C17H17N5OS2. The van der Waals surface area contributed by atoms with Crippen LogP contribution in [0.4, 0.5) is 16.8 Å². The molecule has 1 amide bonds. The highest BCUT2D eigenvalue weighted by Gasteiger charge is 2.12. The number of thiazole rings is 1. The monoisotopic (exact) mass is 371 g/mol. The van der Waals surface area contributed by atoms with Crippen molar-refractivity contribution in [3.8, 4) is 0 Å². The number of carbonyl (C=O) groups is 1. The average Bonchev–Trinajstić information content (AvgIpc) is 3.03. The van der Waals surface area contributed by atoms with Gasteiger partial charge in [0.1, 0.15) is 5.69 Å². The third-order valence-electron chi connectivity index (χ3n) is 3.29. The lowest BCUT2D eigenvalue weighted by molar-refractivity contribution is 0.102. The van der Waals surface area contributed by atoms with Gasteiger partial charge in [-0.1, -0.05) is 0 Å². The minimum Gasteiger partial charge on any atom is -0.321 e. The number of nitrogens with one attached hydrogen (secondary N) is 2. The zero-order valence-electron chi connectivity index (χ0n) is 14.0. The van der Waals surface area contributed by atoms with Crippen LogP contribution in [0.25, 0.3) is 0 Å². The summed E-state index contributed by atoms with van der Waals surface area (Å²) < 4.78 is 0. The molecule has 0 aliphatic carbocycles. The molecule has 8 heteroatoms. The summed E-state index contributed by atoms with van der Waals surface area (Å²) in [4.78, 5) is 26.4. The van der Waals surface area contributed by atoms with Crippen LogP contribution in [0, 0.1) is 13.8 Å². The second-order valence-electron chi connectivity index (χ2n) is 5.32. The molecule has 128 valence electrons. The van der Waals surface area contributed by atoms with Gasteiger partial charge in [0.05, 0.1) is 0 Å². The number of benzene rings is 1. The van der Waals surface area contributed by atoms with Gasteiger partial charge in [0.15, 0.2) is 5.13 Å². The van der Waals surface area contributed by atoms with Crippen molar-refractivity contribution in [3.63, 3.8) is 0 Å². The van der Waals surface area contributed by atoms with E-state index in [0.29, 0.717) is 16.8 Å². The predicted molar refractivity (Wildman–Crippen MR) is 103 cm³/mol. The topological polar surface area (TPSA) is 79.8 Å². The number of hydrogen-bond donors (Lipinski definition) is 2. The maximum absolute atomic E-state index is 12.3. The first-order valence-electron chi connectivity index (χ1n) is 7.54. The van der Waals surface area contributed by atoms with E-state index in [1.807, 2.05) is 50.4 Å². The normalized spacial score (nSPS) is 10.5. The van der Waals surface area contributed by atoms with E-state index in [-0.39, 0.29) is 5.91 Å². The van der Waals surface area contributed by atoms with E-state index in [1.165, 1.54) is 11.3 Å². The Morgan fingerprint density at radius 1 is 1.08 bits per heavy atom. The molecule has 0 atom stereocenters. The number of aryl methyl sites for hydroxylation is 2. The second kappa shape index (κ2) is 7.62. The number of aromatic nitrogens is 3. The summed E-state index contributed by atoms with van der Waals surface area (Å²) in [5, 5.41) is 8.17. The van der Waals surface area contributed by atoms with Gasteiger partial charge in [-0.05, 0) is 50.4 Å². The molecule has 3 aromatic rings. The van der Waals surface area contributed by atoms with Crippen LogP contribution in [0.1, 0.15) is 21.9 Å². The second-order valence-corrected chi connectivity index (χ2v) is 7.06. The number of amides is 1. The van der Waals surface area contributed by atoms with Crippen LogP contribution in [-0.4, -0.2) is 27.1 Å². The van der Waals surface area contributed by atoms with Crippen LogP contribution in [0.3, 0.4) is 0 Å². The molecule has 0 bridgehead atoms. The van der Waals surface area contributed by atoms with Gasteiger partial charge in [0.2, 0.25) is 5.95 Å². The Morgan fingerprint density at radius 3 is 2.40 bits per heavy atom. The lowest BCUT2D eigenvalue weighted by atomic mass is 10.3. The number of carbonyl (C=O) groups excluding carboxylic acids is 1. The lowest BCUT2D eigenvalue weighted by Gasteiger charge is -2.04. The maximum atomic E-state index is 12.3. The molecule has 1 aromatic carbocycles. The zero-order chi connectivity index (χ0) is 17.8. The van der Waals surface area contributed by atoms with Gasteiger partial charge in [-0.25, -0.2) is 15.0 Å². The minimum absolute atomic E-state index is 0.248. The van der Waals surface area contributed by atoms with Crippen molar-refractivity contribution in [1.29, 1.82) is 0 Å². The van der Waals surface area contributed by atoms with Crippen molar-refractivity contribution in [2.24, 2.45) is 0 Å². The maximum Gasteiger partial charge on any atom is 0.275 e. The molecule has 0 radical (unpaired) electrons. The number of thioether (sulfide) groups is 1.